The molecule has 3 heterocycles. The largest absolute Gasteiger partial charge is 0.461 e. The molecule has 2 aromatic heterocycles. The number of aryl methyl sites for hydroxylation is 1. The highest BCUT2D eigenvalue weighted by Gasteiger charge is 2.42. The van der Waals surface area contributed by atoms with E-state index in [0.29, 0.717) is 43.2 Å². The van der Waals surface area contributed by atoms with Crippen molar-refractivity contribution in [3.63, 3.8) is 0 Å². The Morgan fingerprint density at radius 2 is 2.24 bits per heavy atom. The molecule has 3 rings (SSSR count). The van der Waals surface area contributed by atoms with Crippen LogP contribution in [0.3, 0.4) is 0 Å². The van der Waals surface area contributed by atoms with E-state index in [1.807, 2.05) is 6.92 Å². The normalized spacial score (nSPS) is 22.2. The molecule has 0 spiro atoms. The van der Waals surface area contributed by atoms with Gasteiger partial charge in [-0.15, -0.1) is 0 Å². The van der Waals surface area contributed by atoms with E-state index in [0.717, 1.165) is 0 Å². The van der Waals surface area contributed by atoms with Gasteiger partial charge in [0.2, 0.25) is 17.6 Å². The van der Waals surface area contributed by atoms with Crippen molar-refractivity contribution in [1.82, 2.24) is 15.0 Å². The summed E-state index contributed by atoms with van der Waals surface area (Å²) < 4.78 is 33.7. The van der Waals surface area contributed by atoms with Gasteiger partial charge < -0.3 is 13.8 Å². The lowest BCUT2D eigenvalue weighted by atomic mass is 9.99. The zero-order chi connectivity index (χ0) is 18.1. The first-order valence-electron chi connectivity index (χ1n) is 8.13. The maximum Gasteiger partial charge on any atom is 0.238 e. The Morgan fingerprint density at radius 1 is 1.44 bits per heavy atom. The van der Waals surface area contributed by atoms with Gasteiger partial charge in [0.25, 0.3) is 0 Å². The lowest BCUT2D eigenvalue weighted by Crippen LogP contribution is -2.48. The zero-order valence-corrected chi connectivity index (χ0v) is 15.1. The van der Waals surface area contributed by atoms with Gasteiger partial charge in [-0.1, -0.05) is 5.16 Å². The van der Waals surface area contributed by atoms with Crippen molar-refractivity contribution in [3.8, 4) is 11.6 Å². The van der Waals surface area contributed by atoms with Crippen molar-refractivity contribution in [2.45, 2.75) is 38.1 Å². The van der Waals surface area contributed by atoms with Gasteiger partial charge in [0, 0.05) is 19.9 Å². The molecular formula is C16H21N3O5S. The Labute approximate surface area is 146 Å². The van der Waals surface area contributed by atoms with Gasteiger partial charge in [0.15, 0.2) is 15.6 Å². The SMILES string of the molecule is CN(C(=O)CCCc1nc(-c2ccco2)no1)C1(C)CCS(=O)(=O)C1. The lowest BCUT2D eigenvalue weighted by molar-refractivity contribution is -0.134. The van der Waals surface area contributed by atoms with Crippen LogP contribution >= 0.6 is 0 Å². The minimum Gasteiger partial charge on any atom is -0.461 e. The third-order valence-electron chi connectivity index (χ3n) is 4.66. The van der Waals surface area contributed by atoms with E-state index in [2.05, 4.69) is 10.1 Å². The third-order valence-corrected chi connectivity index (χ3v) is 6.55. The van der Waals surface area contributed by atoms with Gasteiger partial charge >= 0.3 is 0 Å². The van der Waals surface area contributed by atoms with Crippen molar-refractivity contribution in [2.75, 3.05) is 18.6 Å². The van der Waals surface area contributed by atoms with Gasteiger partial charge in [-0.3, -0.25) is 4.79 Å². The average Bonchev–Trinajstić information content (AvgIpc) is 3.27. The van der Waals surface area contributed by atoms with Crippen LogP contribution in [-0.2, 0) is 21.1 Å². The van der Waals surface area contributed by atoms with E-state index >= 15 is 0 Å². The standard InChI is InChI=1S/C16H21N3O5S/c1-16(8-10-25(21,22)11-16)19(2)14(20)7-3-6-13-17-15(18-24-13)12-5-4-9-23-12/h4-5,9H,3,6-8,10-11H2,1-2H3. The number of aromatic nitrogens is 2. The van der Waals surface area contributed by atoms with E-state index in [4.69, 9.17) is 8.94 Å². The molecule has 0 radical (unpaired) electrons. The Balaban J connectivity index is 1.51. The second-order valence-corrected chi connectivity index (χ2v) is 8.82. The van der Waals surface area contributed by atoms with Gasteiger partial charge in [-0.25, -0.2) is 8.42 Å². The number of hydrogen-bond acceptors (Lipinski definition) is 7. The van der Waals surface area contributed by atoms with Crippen molar-refractivity contribution in [1.29, 1.82) is 0 Å². The lowest BCUT2D eigenvalue weighted by Gasteiger charge is -2.34. The maximum absolute atomic E-state index is 12.4. The second-order valence-electron chi connectivity index (χ2n) is 6.63. The Kier molecular flexibility index (Phi) is 4.68. The van der Waals surface area contributed by atoms with E-state index in [1.54, 1.807) is 24.1 Å². The summed E-state index contributed by atoms with van der Waals surface area (Å²) in [5, 5.41) is 3.84. The number of amides is 1. The second kappa shape index (κ2) is 6.62. The molecule has 1 unspecified atom stereocenters. The van der Waals surface area contributed by atoms with Crippen molar-refractivity contribution < 1.29 is 22.2 Å². The highest BCUT2D eigenvalue weighted by atomic mass is 32.2. The van der Waals surface area contributed by atoms with Gasteiger partial charge in [0.05, 0.1) is 23.3 Å². The zero-order valence-electron chi connectivity index (χ0n) is 14.3. The first-order valence-corrected chi connectivity index (χ1v) is 9.95. The summed E-state index contributed by atoms with van der Waals surface area (Å²) in [5.74, 6) is 1.44. The van der Waals surface area contributed by atoms with Gasteiger partial charge in [0.1, 0.15) is 0 Å². The number of hydrogen-bond donors (Lipinski definition) is 0. The minimum atomic E-state index is -3.05. The smallest absolute Gasteiger partial charge is 0.238 e. The third kappa shape index (κ3) is 3.92. The van der Waals surface area contributed by atoms with Crippen LogP contribution in [0.1, 0.15) is 32.1 Å². The van der Waals surface area contributed by atoms with Gasteiger partial charge in [-0.05, 0) is 31.9 Å². The maximum atomic E-state index is 12.4. The molecule has 9 heteroatoms. The predicted molar refractivity (Wildman–Crippen MR) is 89.4 cm³/mol. The quantitative estimate of drug-likeness (QED) is 0.764. The predicted octanol–water partition coefficient (Wildman–Crippen LogP) is 1.69. The molecule has 1 fully saturated rings. The first-order chi connectivity index (χ1) is 11.8. The van der Waals surface area contributed by atoms with Crippen molar-refractivity contribution in [3.05, 3.63) is 24.3 Å². The summed E-state index contributed by atoms with van der Waals surface area (Å²) >= 11 is 0. The fraction of sp³-hybridized carbons (Fsp3) is 0.562. The Hall–Kier alpha value is -2.16. The highest BCUT2D eigenvalue weighted by Crippen LogP contribution is 2.29. The highest BCUT2D eigenvalue weighted by molar-refractivity contribution is 7.91. The van der Waals surface area contributed by atoms with Crippen LogP contribution in [0.4, 0.5) is 0 Å². The van der Waals surface area contributed by atoms with Crippen LogP contribution in [0.2, 0.25) is 0 Å². The van der Waals surface area contributed by atoms with Crippen LogP contribution in [-0.4, -0.2) is 53.5 Å². The molecule has 0 aromatic carbocycles. The molecule has 25 heavy (non-hydrogen) atoms. The molecule has 2 aromatic rings. The summed E-state index contributed by atoms with van der Waals surface area (Å²) in [7, 11) is -1.38. The van der Waals surface area contributed by atoms with Gasteiger partial charge in [-0.2, -0.15) is 4.98 Å². The fourth-order valence-electron chi connectivity index (χ4n) is 2.98. The summed E-state index contributed by atoms with van der Waals surface area (Å²) in [6, 6.07) is 3.48. The minimum absolute atomic E-state index is 0.0262. The van der Waals surface area contributed by atoms with E-state index < -0.39 is 15.4 Å². The van der Waals surface area contributed by atoms with E-state index in [-0.39, 0.29) is 17.4 Å². The van der Waals surface area contributed by atoms with E-state index in [1.165, 1.54) is 6.26 Å². The topological polar surface area (TPSA) is 107 Å². The number of carbonyl (C=O) groups excluding carboxylic acids is 1. The Bertz CT molecular complexity index is 843. The average molecular weight is 367 g/mol. The number of nitrogens with zero attached hydrogens (tertiary/aromatic N) is 3. The molecule has 1 aliphatic rings. The van der Waals surface area contributed by atoms with Crippen LogP contribution in [0, 0.1) is 0 Å². The fourth-order valence-corrected chi connectivity index (χ4v) is 5.16. The molecule has 1 saturated heterocycles. The van der Waals surface area contributed by atoms with Crippen LogP contribution in [0.25, 0.3) is 11.6 Å². The molecule has 1 amide bonds. The number of furan rings is 1. The van der Waals surface area contributed by atoms with Crippen molar-refractivity contribution in [2.24, 2.45) is 0 Å². The molecule has 0 aliphatic carbocycles. The summed E-state index contributed by atoms with van der Waals surface area (Å²) in [4.78, 5) is 18.2. The monoisotopic (exact) mass is 367 g/mol. The van der Waals surface area contributed by atoms with Crippen LogP contribution in [0.15, 0.2) is 27.3 Å². The Morgan fingerprint density at radius 3 is 2.88 bits per heavy atom. The first kappa shape index (κ1) is 17.7. The molecule has 136 valence electrons. The molecular weight excluding hydrogens is 346 g/mol. The molecule has 1 aliphatic heterocycles. The van der Waals surface area contributed by atoms with Crippen LogP contribution in [0.5, 0.6) is 0 Å². The number of sulfone groups is 1. The molecule has 1 atom stereocenters. The van der Waals surface area contributed by atoms with Crippen LogP contribution < -0.4 is 0 Å². The summed E-state index contributed by atoms with van der Waals surface area (Å²) in [6.07, 6.45) is 3.33. The molecule has 8 nitrogen and oxygen atoms in total. The molecule has 0 bridgehead atoms. The molecule has 0 N–H and O–H groups in total. The summed E-state index contributed by atoms with van der Waals surface area (Å²) in [5.41, 5.74) is -0.618. The van der Waals surface area contributed by atoms with Crippen molar-refractivity contribution >= 4 is 15.7 Å². The summed E-state index contributed by atoms with van der Waals surface area (Å²) in [6.45, 7) is 1.82. The molecule has 0 saturated carbocycles. The number of rotatable bonds is 6. The van der Waals surface area contributed by atoms with E-state index in [9.17, 15) is 13.2 Å². The number of carbonyl (C=O) groups is 1.